The fraction of sp³-hybridized carbons (Fsp3) is 0.579. The Hall–Kier alpha value is -2.04. The van der Waals surface area contributed by atoms with E-state index in [0.29, 0.717) is 19.0 Å². The number of aliphatic imine (C=N–C) groups is 1. The van der Waals surface area contributed by atoms with Gasteiger partial charge in [0.15, 0.2) is 5.96 Å². The van der Waals surface area contributed by atoms with E-state index in [2.05, 4.69) is 33.8 Å². The van der Waals surface area contributed by atoms with Crippen molar-refractivity contribution in [3.05, 3.63) is 29.3 Å². The minimum atomic E-state index is 0.201. The van der Waals surface area contributed by atoms with Crippen molar-refractivity contribution in [3.63, 3.8) is 0 Å². The Kier molecular flexibility index (Phi) is 5.72. The van der Waals surface area contributed by atoms with E-state index in [1.165, 1.54) is 30.4 Å². The second-order valence-electron chi connectivity index (χ2n) is 6.81. The molecule has 0 unspecified atom stereocenters. The fourth-order valence-electron chi connectivity index (χ4n) is 3.38. The van der Waals surface area contributed by atoms with E-state index in [1.54, 1.807) is 0 Å². The molecule has 1 aromatic carbocycles. The average Bonchev–Trinajstić information content (AvgIpc) is 2.53. The van der Waals surface area contributed by atoms with Gasteiger partial charge in [-0.15, -0.1) is 0 Å². The number of fused-ring (bicyclic) bond motifs is 1. The standard InChI is InChI=1S/C19H28N4O/c20-19(22-13-5-12-21-18(24)15-8-3-9-15)23-17-11-4-7-14-6-1-2-10-16(14)17/h4,7,11,15H,1-3,5-6,8-10,12-13H2,(H,21,24)(H3,20,22,23). The SMILES string of the molecule is NC(=NCCCNC(=O)C1CCC1)Nc1cccc2c1CCCC2. The van der Waals surface area contributed by atoms with Gasteiger partial charge in [0, 0.05) is 24.7 Å². The molecule has 24 heavy (non-hydrogen) atoms. The van der Waals surface area contributed by atoms with Gasteiger partial charge < -0.3 is 16.4 Å². The van der Waals surface area contributed by atoms with Crippen molar-refractivity contribution in [1.29, 1.82) is 0 Å². The van der Waals surface area contributed by atoms with Gasteiger partial charge in [-0.3, -0.25) is 9.79 Å². The van der Waals surface area contributed by atoms with E-state index < -0.39 is 0 Å². The first-order valence-corrected chi connectivity index (χ1v) is 9.19. The van der Waals surface area contributed by atoms with E-state index in [1.807, 2.05) is 0 Å². The van der Waals surface area contributed by atoms with Crippen LogP contribution in [0.5, 0.6) is 0 Å². The van der Waals surface area contributed by atoms with Crippen LogP contribution in [0.1, 0.15) is 49.7 Å². The third-order valence-corrected chi connectivity index (χ3v) is 5.05. The van der Waals surface area contributed by atoms with Crippen molar-refractivity contribution in [1.82, 2.24) is 5.32 Å². The molecule has 1 amide bonds. The average molecular weight is 328 g/mol. The number of anilines is 1. The smallest absolute Gasteiger partial charge is 0.223 e. The number of hydrogen-bond acceptors (Lipinski definition) is 2. The Bertz CT molecular complexity index is 607. The molecule has 0 spiro atoms. The summed E-state index contributed by atoms with van der Waals surface area (Å²) in [6, 6.07) is 6.36. The molecule has 3 rings (SSSR count). The van der Waals surface area contributed by atoms with Crippen LogP contribution < -0.4 is 16.4 Å². The Balaban J connectivity index is 1.42. The van der Waals surface area contributed by atoms with Gasteiger partial charge in [0.25, 0.3) is 0 Å². The van der Waals surface area contributed by atoms with Crippen molar-refractivity contribution in [2.45, 2.75) is 51.4 Å². The molecule has 1 saturated carbocycles. The molecule has 0 radical (unpaired) electrons. The number of aryl methyl sites for hydroxylation is 1. The molecule has 5 heteroatoms. The molecule has 0 bridgehead atoms. The van der Waals surface area contributed by atoms with Crippen molar-refractivity contribution in [2.24, 2.45) is 16.6 Å². The van der Waals surface area contributed by atoms with Crippen LogP contribution in [0, 0.1) is 5.92 Å². The first-order chi connectivity index (χ1) is 11.7. The van der Waals surface area contributed by atoms with Gasteiger partial charge in [0.05, 0.1) is 0 Å². The lowest BCUT2D eigenvalue weighted by Gasteiger charge is -2.23. The molecule has 2 aliphatic rings. The molecule has 0 heterocycles. The molecule has 0 saturated heterocycles. The van der Waals surface area contributed by atoms with Crippen molar-refractivity contribution >= 4 is 17.6 Å². The lowest BCUT2D eigenvalue weighted by Crippen LogP contribution is -2.35. The highest BCUT2D eigenvalue weighted by Crippen LogP contribution is 2.27. The third-order valence-electron chi connectivity index (χ3n) is 5.05. The van der Waals surface area contributed by atoms with Gasteiger partial charge in [0.1, 0.15) is 0 Å². The molecule has 1 aromatic rings. The molecule has 4 N–H and O–H groups in total. The van der Waals surface area contributed by atoms with Crippen LogP contribution in [0.4, 0.5) is 5.69 Å². The summed E-state index contributed by atoms with van der Waals surface area (Å²) in [6.07, 6.45) is 8.86. The monoisotopic (exact) mass is 328 g/mol. The minimum Gasteiger partial charge on any atom is -0.370 e. The molecule has 0 atom stereocenters. The number of carbonyl (C=O) groups excluding carboxylic acids is 1. The van der Waals surface area contributed by atoms with E-state index in [4.69, 9.17) is 5.73 Å². The summed E-state index contributed by atoms with van der Waals surface area (Å²) in [5.41, 5.74) is 9.91. The second-order valence-corrected chi connectivity index (χ2v) is 6.81. The van der Waals surface area contributed by atoms with Crippen LogP contribution in [0.3, 0.4) is 0 Å². The Labute approximate surface area is 144 Å². The second kappa shape index (κ2) is 8.18. The van der Waals surface area contributed by atoms with Gasteiger partial charge in [-0.1, -0.05) is 18.6 Å². The summed E-state index contributed by atoms with van der Waals surface area (Å²) >= 11 is 0. The highest BCUT2D eigenvalue weighted by atomic mass is 16.1. The topological polar surface area (TPSA) is 79.5 Å². The van der Waals surface area contributed by atoms with Gasteiger partial charge >= 0.3 is 0 Å². The van der Waals surface area contributed by atoms with E-state index in [-0.39, 0.29) is 11.8 Å². The van der Waals surface area contributed by atoms with Crippen molar-refractivity contribution in [2.75, 3.05) is 18.4 Å². The zero-order valence-electron chi connectivity index (χ0n) is 14.3. The van der Waals surface area contributed by atoms with Gasteiger partial charge in [0.2, 0.25) is 5.91 Å². The van der Waals surface area contributed by atoms with E-state index in [0.717, 1.165) is 37.8 Å². The van der Waals surface area contributed by atoms with Crippen molar-refractivity contribution in [3.8, 4) is 0 Å². The maximum absolute atomic E-state index is 11.7. The van der Waals surface area contributed by atoms with Crippen LogP contribution in [-0.4, -0.2) is 25.0 Å². The van der Waals surface area contributed by atoms with E-state index >= 15 is 0 Å². The highest BCUT2D eigenvalue weighted by Gasteiger charge is 2.24. The van der Waals surface area contributed by atoms with Crippen LogP contribution >= 0.6 is 0 Å². The number of carbonyl (C=O) groups is 1. The lowest BCUT2D eigenvalue weighted by molar-refractivity contribution is -0.127. The zero-order chi connectivity index (χ0) is 16.8. The fourth-order valence-corrected chi connectivity index (χ4v) is 3.38. The number of guanidine groups is 1. The maximum atomic E-state index is 11.7. The molecule has 0 aliphatic heterocycles. The van der Waals surface area contributed by atoms with Crippen LogP contribution in [0.25, 0.3) is 0 Å². The van der Waals surface area contributed by atoms with Crippen LogP contribution in [0.15, 0.2) is 23.2 Å². The first-order valence-electron chi connectivity index (χ1n) is 9.19. The quantitative estimate of drug-likeness (QED) is 0.427. The van der Waals surface area contributed by atoms with E-state index in [9.17, 15) is 4.79 Å². The normalized spacial score (nSPS) is 17.8. The number of nitrogens with one attached hydrogen (secondary N) is 2. The van der Waals surface area contributed by atoms with Crippen LogP contribution in [-0.2, 0) is 17.6 Å². The molecular formula is C19H28N4O. The number of hydrogen-bond donors (Lipinski definition) is 3. The predicted molar refractivity (Wildman–Crippen MR) is 98.2 cm³/mol. The van der Waals surface area contributed by atoms with Crippen LogP contribution in [0.2, 0.25) is 0 Å². The number of rotatable bonds is 6. The molecule has 0 aromatic heterocycles. The predicted octanol–water partition coefficient (Wildman–Crippen LogP) is 2.60. The summed E-state index contributed by atoms with van der Waals surface area (Å²) in [5.74, 6) is 0.913. The van der Waals surface area contributed by atoms with Gasteiger partial charge in [-0.25, -0.2) is 0 Å². The van der Waals surface area contributed by atoms with Gasteiger partial charge in [-0.2, -0.15) is 0 Å². The number of benzene rings is 1. The Morgan fingerprint density at radius 3 is 2.83 bits per heavy atom. The first kappa shape index (κ1) is 16.8. The molecular weight excluding hydrogens is 300 g/mol. The lowest BCUT2D eigenvalue weighted by atomic mass is 9.85. The number of amides is 1. The Morgan fingerprint density at radius 2 is 2.04 bits per heavy atom. The summed E-state index contributed by atoms with van der Waals surface area (Å²) < 4.78 is 0. The highest BCUT2D eigenvalue weighted by molar-refractivity contribution is 5.93. The summed E-state index contributed by atoms with van der Waals surface area (Å²) in [6.45, 7) is 1.30. The number of nitrogens with two attached hydrogens (primary N) is 1. The summed E-state index contributed by atoms with van der Waals surface area (Å²) in [5, 5.41) is 6.23. The molecule has 130 valence electrons. The minimum absolute atomic E-state index is 0.201. The number of nitrogens with zero attached hydrogens (tertiary/aromatic N) is 1. The molecule has 1 fully saturated rings. The third kappa shape index (κ3) is 4.28. The molecule has 2 aliphatic carbocycles. The van der Waals surface area contributed by atoms with Gasteiger partial charge in [-0.05, 0) is 62.1 Å². The summed E-state index contributed by atoms with van der Waals surface area (Å²) in [4.78, 5) is 16.1. The Morgan fingerprint density at radius 1 is 1.21 bits per heavy atom. The summed E-state index contributed by atoms with van der Waals surface area (Å²) in [7, 11) is 0. The maximum Gasteiger partial charge on any atom is 0.223 e. The van der Waals surface area contributed by atoms with Crippen molar-refractivity contribution < 1.29 is 4.79 Å². The molecule has 5 nitrogen and oxygen atoms in total. The largest absolute Gasteiger partial charge is 0.370 e. The zero-order valence-corrected chi connectivity index (χ0v) is 14.3.